The van der Waals surface area contributed by atoms with Crippen molar-refractivity contribution >= 4 is 9.84 Å². The molecule has 94 valence electrons. The van der Waals surface area contributed by atoms with Gasteiger partial charge in [-0.25, -0.2) is 8.42 Å². The Labute approximate surface area is 98.3 Å². The second kappa shape index (κ2) is 5.02. The first kappa shape index (κ1) is 12.3. The highest BCUT2D eigenvalue weighted by atomic mass is 32.2. The van der Waals surface area contributed by atoms with Gasteiger partial charge >= 0.3 is 0 Å². The summed E-state index contributed by atoms with van der Waals surface area (Å²) in [6, 6.07) is 0.554. The van der Waals surface area contributed by atoms with Gasteiger partial charge in [-0.1, -0.05) is 13.3 Å². The second-order valence-electron chi connectivity index (χ2n) is 4.94. The molecule has 2 heterocycles. The lowest BCUT2D eigenvalue weighted by molar-refractivity contribution is 0.182. The minimum absolute atomic E-state index is 0.347. The minimum atomic E-state index is -2.77. The molecule has 0 amide bonds. The predicted molar refractivity (Wildman–Crippen MR) is 65.3 cm³/mol. The fourth-order valence-corrected chi connectivity index (χ4v) is 4.14. The average molecular weight is 246 g/mol. The summed E-state index contributed by atoms with van der Waals surface area (Å²) in [6.45, 7) is 6.01. The van der Waals surface area contributed by atoms with Crippen LogP contribution in [0.4, 0.5) is 0 Å². The van der Waals surface area contributed by atoms with Crippen molar-refractivity contribution in [3.05, 3.63) is 0 Å². The fourth-order valence-electron chi connectivity index (χ4n) is 2.85. The lowest BCUT2D eigenvalue weighted by atomic mass is 9.99. The van der Waals surface area contributed by atoms with Crippen LogP contribution in [0.2, 0.25) is 0 Å². The second-order valence-corrected chi connectivity index (χ2v) is 7.24. The van der Waals surface area contributed by atoms with Crippen molar-refractivity contribution in [1.29, 1.82) is 0 Å². The van der Waals surface area contributed by atoms with Crippen molar-refractivity contribution in [3.63, 3.8) is 0 Å². The van der Waals surface area contributed by atoms with Crippen LogP contribution in [-0.2, 0) is 9.84 Å². The monoisotopic (exact) mass is 246 g/mol. The third kappa shape index (κ3) is 2.76. The summed E-state index contributed by atoms with van der Waals surface area (Å²) in [4.78, 5) is 2.39. The molecule has 2 fully saturated rings. The van der Waals surface area contributed by atoms with Crippen LogP contribution in [0.1, 0.15) is 19.8 Å². The normalized spacial score (nSPS) is 36.1. The molecule has 0 radical (unpaired) electrons. The van der Waals surface area contributed by atoms with Crippen LogP contribution in [0.15, 0.2) is 0 Å². The van der Waals surface area contributed by atoms with Crippen molar-refractivity contribution in [1.82, 2.24) is 10.2 Å². The summed E-state index contributed by atoms with van der Waals surface area (Å²) in [5, 5.41) is 3.42. The Bertz CT molecular complexity index is 329. The molecule has 0 spiro atoms. The van der Waals surface area contributed by atoms with Gasteiger partial charge in [-0.2, -0.15) is 0 Å². The van der Waals surface area contributed by atoms with E-state index in [1.807, 2.05) is 0 Å². The minimum Gasteiger partial charge on any atom is -0.315 e. The van der Waals surface area contributed by atoms with Crippen LogP contribution in [-0.4, -0.2) is 57.0 Å². The first-order valence-corrected chi connectivity index (χ1v) is 8.09. The van der Waals surface area contributed by atoms with Crippen LogP contribution in [0.5, 0.6) is 0 Å². The number of nitrogens with zero attached hydrogens (tertiary/aromatic N) is 1. The van der Waals surface area contributed by atoms with E-state index < -0.39 is 9.84 Å². The quantitative estimate of drug-likeness (QED) is 0.751. The van der Waals surface area contributed by atoms with E-state index in [0.29, 0.717) is 23.5 Å². The van der Waals surface area contributed by atoms with E-state index in [2.05, 4.69) is 17.1 Å². The van der Waals surface area contributed by atoms with Gasteiger partial charge in [0.1, 0.15) is 0 Å². The molecule has 0 saturated carbocycles. The topological polar surface area (TPSA) is 49.4 Å². The Kier molecular flexibility index (Phi) is 3.87. The Morgan fingerprint density at radius 3 is 2.81 bits per heavy atom. The molecule has 0 aromatic rings. The van der Waals surface area contributed by atoms with Gasteiger partial charge in [-0.15, -0.1) is 0 Å². The molecule has 1 N–H and O–H groups in total. The van der Waals surface area contributed by atoms with Gasteiger partial charge in [0.05, 0.1) is 11.5 Å². The number of nitrogens with one attached hydrogen (secondary N) is 1. The molecule has 2 saturated heterocycles. The molecule has 2 atom stereocenters. The molecule has 2 rings (SSSR count). The molecular formula is C11H22N2O2S. The molecule has 4 nitrogen and oxygen atoms in total. The number of rotatable bonds is 2. The fraction of sp³-hybridized carbons (Fsp3) is 1.00. The maximum atomic E-state index is 11.5. The van der Waals surface area contributed by atoms with E-state index in [1.165, 1.54) is 6.42 Å². The van der Waals surface area contributed by atoms with E-state index in [-0.39, 0.29) is 0 Å². The standard InChI is InChI=1S/C11H22N2O2S/c1-2-10-8-12-9-11(10)13-4-3-6-16(14,15)7-5-13/h10-12H,2-9H2,1H3. The molecule has 5 heteroatoms. The molecule has 0 aliphatic carbocycles. The first-order chi connectivity index (χ1) is 7.62. The van der Waals surface area contributed by atoms with Gasteiger partial charge < -0.3 is 5.32 Å². The molecule has 2 unspecified atom stereocenters. The highest BCUT2D eigenvalue weighted by Gasteiger charge is 2.32. The lowest BCUT2D eigenvalue weighted by Gasteiger charge is -2.30. The largest absolute Gasteiger partial charge is 0.315 e. The summed E-state index contributed by atoms with van der Waals surface area (Å²) in [7, 11) is -2.77. The third-order valence-electron chi connectivity index (χ3n) is 3.89. The smallest absolute Gasteiger partial charge is 0.151 e. The Balaban J connectivity index is 1.99. The average Bonchev–Trinajstić information content (AvgIpc) is 2.63. The van der Waals surface area contributed by atoms with Gasteiger partial charge in [-0.3, -0.25) is 4.90 Å². The molecule has 0 aromatic heterocycles. The van der Waals surface area contributed by atoms with Crippen molar-refractivity contribution in [2.75, 3.05) is 37.7 Å². The summed E-state index contributed by atoms with van der Waals surface area (Å²) < 4.78 is 23.1. The van der Waals surface area contributed by atoms with E-state index in [1.54, 1.807) is 0 Å². The molecule has 0 aromatic carbocycles. The number of sulfone groups is 1. The van der Waals surface area contributed by atoms with E-state index in [9.17, 15) is 8.42 Å². The zero-order chi connectivity index (χ0) is 11.6. The molecule has 16 heavy (non-hydrogen) atoms. The zero-order valence-corrected chi connectivity index (χ0v) is 10.8. The van der Waals surface area contributed by atoms with Crippen LogP contribution in [0.25, 0.3) is 0 Å². The summed E-state index contributed by atoms with van der Waals surface area (Å²) in [6.07, 6.45) is 1.98. The molecule has 2 aliphatic heterocycles. The van der Waals surface area contributed by atoms with Gasteiger partial charge in [0.15, 0.2) is 9.84 Å². The Morgan fingerprint density at radius 1 is 1.25 bits per heavy atom. The summed E-state index contributed by atoms with van der Waals surface area (Å²) >= 11 is 0. The lowest BCUT2D eigenvalue weighted by Crippen LogP contribution is -2.42. The maximum Gasteiger partial charge on any atom is 0.151 e. The summed E-state index contributed by atoms with van der Waals surface area (Å²) in [5.41, 5.74) is 0. The van der Waals surface area contributed by atoms with Gasteiger partial charge in [-0.05, 0) is 25.4 Å². The highest BCUT2D eigenvalue weighted by Crippen LogP contribution is 2.20. The number of hydrogen-bond donors (Lipinski definition) is 1. The molecule has 2 aliphatic rings. The number of hydrogen-bond acceptors (Lipinski definition) is 4. The van der Waals surface area contributed by atoms with Crippen molar-refractivity contribution < 1.29 is 8.42 Å². The Morgan fingerprint density at radius 2 is 2.06 bits per heavy atom. The predicted octanol–water partition coefficient (Wildman–Crippen LogP) is 0.105. The van der Waals surface area contributed by atoms with E-state index in [0.717, 1.165) is 32.6 Å². The van der Waals surface area contributed by atoms with Crippen LogP contribution >= 0.6 is 0 Å². The van der Waals surface area contributed by atoms with Gasteiger partial charge in [0.25, 0.3) is 0 Å². The zero-order valence-electron chi connectivity index (χ0n) is 9.98. The SMILES string of the molecule is CCC1CNCC1N1CCCS(=O)(=O)CC1. The molecular weight excluding hydrogens is 224 g/mol. The summed E-state index contributed by atoms with van der Waals surface area (Å²) in [5.74, 6) is 1.42. The van der Waals surface area contributed by atoms with Gasteiger partial charge in [0, 0.05) is 19.1 Å². The van der Waals surface area contributed by atoms with E-state index in [4.69, 9.17) is 0 Å². The van der Waals surface area contributed by atoms with Crippen LogP contribution < -0.4 is 5.32 Å². The van der Waals surface area contributed by atoms with Crippen LogP contribution in [0.3, 0.4) is 0 Å². The third-order valence-corrected chi connectivity index (χ3v) is 5.60. The van der Waals surface area contributed by atoms with Crippen molar-refractivity contribution in [2.24, 2.45) is 5.92 Å². The van der Waals surface area contributed by atoms with Crippen molar-refractivity contribution in [3.8, 4) is 0 Å². The van der Waals surface area contributed by atoms with Crippen LogP contribution in [0, 0.1) is 5.92 Å². The molecule has 0 bridgehead atoms. The maximum absolute atomic E-state index is 11.5. The Hall–Kier alpha value is -0.130. The van der Waals surface area contributed by atoms with Gasteiger partial charge in [0.2, 0.25) is 0 Å². The first-order valence-electron chi connectivity index (χ1n) is 6.27. The van der Waals surface area contributed by atoms with Crippen molar-refractivity contribution in [2.45, 2.75) is 25.8 Å². The van der Waals surface area contributed by atoms with E-state index >= 15 is 0 Å². The highest BCUT2D eigenvalue weighted by molar-refractivity contribution is 7.91.